The Balaban J connectivity index is 0.000000103. The van der Waals surface area contributed by atoms with E-state index in [1.54, 1.807) is 0 Å². The number of furan rings is 4. The third-order valence-electron chi connectivity index (χ3n) is 29.4. The van der Waals surface area contributed by atoms with E-state index in [-0.39, 0.29) is 5.41 Å². The molecule has 0 radical (unpaired) electrons. The van der Waals surface area contributed by atoms with Gasteiger partial charge in [-0.1, -0.05) is 347 Å². The Bertz CT molecular complexity index is 10200. The van der Waals surface area contributed by atoms with E-state index in [1.807, 2.05) is 36.4 Å². The molecule has 140 heavy (non-hydrogen) atoms. The molecule has 1 aliphatic rings. The maximum atomic E-state index is 6.33. The molecule has 4 heterocycles. The summed E-state index contributed by atoms with van der Waals surface area (Å²) >= 11 is 0. The van der Waals surface area contributed by atoms with Crippen LogP contribution in [-0.4, -0.2) is 0 Å². The molecule has 29 aromatic rings. The molecule has 7 heteroatoms. The summed E-state index contributed by atoms with van der Waals surface area (Å²) in [6.07, 6.45) is 0. The predicted molar refractivity (Wildman–Crippen MR) is 591 cm³/mol. The summed E-state index contributed by atoms with van der Waals surface area (Å²) in [7, 11) is 0. The minimum Gasteiger partial charge on any atom is -0.456 e. The highest BCUT2D eigenvalue weighted by Gasteiger charge is 2.37. The maximum Gasteiger partial charge on any atom is 0.137 e. The van der Waals surface area contributed by atoms with Crippen LogP contribution in [0.4, 0.5) is 51.2 Å². The second kappa shape index (κ2) is 31.9. The molecule has 1 aliphatic carbocycles. The normalized spacial score (nSPS) is 12.4. The summed E-state index contributed by atoms with van der Waals surface area (Å²) in [5.74, 6) is 0. The lowest BCUT2D eigenvalue weighted by Crippen LogP contribution is -2.14. The Kier molecular flexibility index (Phi) is 18.3. The average molecular weight is 1790 g/mol. The van der Waals surface area contributed by atoms with Crippen molar-refractivity contribution in [1.82, 2.24) is 0 Å². The topological polar surface area (TPSA) is 62.3 Å². The van der Waals surface area contributed by atoms with Crippen molar-refractivity contribution in [2.45, 2.75) is 19.3 Å². The highest BCUT2D eigenvalue weighted by molar-refractivity contribution is 6.34. The van der Waals surface area contributed by atoms with Gasteiger partial charge in [-0.15, -0.1) is 0 Å². The van der Waals surface area contributed by atoms with Gasteiger partial charge in [0.1, 0.15) is 44.7 Å². The van der Waals surface area contributed by atoms with Crippen molar-refractivity contribution in [3.8, 4) is 22.3 Å². The van der Waals surface area contributed by atoms with Crippen molar-refractivity contribution >= 4 is 247 Å². The lowest BCUT2D eigenvalue weighted by atomic mass is 9.81. The molecular weight excluding hydrogens is 1700 g/mol. The summed E-state index contributed by atoms with van der Waals surface area (Å²) in [5.41, 5.74) is 25.1. The summed E-state index contributed by atoms with van der Waals surface area (Å²) in [5, 5.41) is 34.0. The number of rotatable bonds is 10. The molecule has 0 N–H and O–H groups in total. The molecule has 0 saturated carbocycles. The van der Waals surface area contributed by atoms with Gasteiger partial charge in [0.15, 0.2) is 0 Å². The molecule has 656 valence electrons. The van der Waals surface area contributed by atoms with E-state index in [9.17, 15) is 0 Å². The van der Waals surface area contributed by atoms with Crippen LogP contribution in [0.3, 0.4) is 0 Å². The van der Waals surface area contributed by atoms with Gasteiger partial charge in [-0.05, 0) is 276 Å². The zero-order valence-corrected chi connectivity index (χ0v) is 76.6. The van der Waals surface area contributed by atoms with E-state index < -0.39 is 0 Å². The lowest BCUT2D eigenvalue weighted by Gasteiger charge is -2.26. The molecule has 0 aliphatic heterocycles. The molecule has 30 rings (SSSR count). The Morgan fingerprint density at radius 1 is 0.164 bits per heavy atom. The average Bonchev–Trinajstić information content (AvgIpc) is 1.30. The first-order valence-electron chi connectivity index (χ1n) is 48.0. The smallest absolute Gasteiger partial charge is 0.137 e. The van der Waals surface area contributed by atoms with Crippen molar-refractivity contribution in [3.63, 3.8) is 0 Å². The number of fused-ring (bicyclic) bond motifs is 34. The largest absolute Gasteiger partial charge is 0.456 e. The van der Waals surface area contributed by atoms with E-state index in [2.05, 4.69) is 471 Å². The van der Waals surface area contributed by atoms with Gasteiger partial charge in [0.2, 0.25) is 0 Å². The summed E-state index contributed by atoms with van der Waals surface area (Å²) < 4.78 is 25.3. The highest BCUT2D eigenvalue weighted by atomic mass is 16.3. The predicted octanol–water partition coefficient (Wildman–Crippen LogP) is 38.6. The molecule has 0 unspecified atom stereocenters. The zero-order chi connectivity index (χ0) is 92.4. The number of hydrogen-bond acceptors (Lipinski definition) is 7. The lowest BCUT2D eigenvalue weighted by molar-refractivity contribution is 0.661. The standard InChI is InChI=1S/C46H29NO.C45H31NO.C42H25NO2/c1-2-8-30(9-3-1)32-18-22-37(23-19-32)47(38-24-20-31-10-4-5-11-35(31)28-38)39-25-26-40-36(29-39)17-16-33-14-15-34-21-27-43-46(45(34)44(33)40)41-12-6-7-13-42(41)48-43;1-45(2)36-15-8-6-13-34(36)43-37(45)26-23-29-20-19-28-21-22-30-27-32(24-25-33(30)41(28)42(29)43)46(31-11-4-3-5-12-31)38-16-10-18-40-44(38)35-14-7-9-17-39(35)47-40;1-2-9-29(10-3-1)43(34-13-8-16-37-41(34)32-11-4-6-14-35(32)44-37)30-22-23-31-28(25-30)20-19-26-17-18-27-21-24-38-42(40(27)39(26)31)33-12-5-7-15-36(33)45-38/h1-29H;3-27H,1-2H3;1-25H. The van der Waals surface area contributed by atoms with E-state index >= 15 is 0 Å². The van der Waals surface area contributed by atoms with Gasteiger partial charge < -0.3 is 32.4 Å². The molecule has 0 amide bonds. The summed E-state index contributed by atoms with van der Waals surface area (Å²) in [6.45, 7) is 4.72. The zero-order valence-electron chi connectivity index (χ0n) is 76.6. The minimum atomic E-state index is -0.0471. The van der Waals surface area contributed by atoms with Crippen LogP contribution in [0.25, 0.3) is 218 Å². The van der Waals surface area contributed by atoms with Gasteiger partial charge >= 0.3 is 0 Å². The van der Waals surface area contributed by atoms with Crippen LogP contribution in [0.2, 0.25) is 0 Å². The SMILES string of the molecule is CC1(C)c2ccccc2-c2c1ccc1ccc3ccc4cc(N(c5ccccc5)c5cccc6oc7ccccc7c56)ccc4c3c21.c1ccc(-c2ccc(N(c3ccc4ccccc4c3)c3ccc4c(ccc5ccc6ccc7oc8ccccc8c7c6c54)c3)cc2)cc1.c1ccc(N(c2ccc3c(ccc4ccc5ccc6oc7ccccc7c6c5c43)c2)c2cccc3oc4ccccc4c23)cc1. The molecule has 4 aromatic heterocycles. The number of anilines is 9. The van der Waals surface area contributed by atoms with Gasteiger partial charge in [-0.3, -0.25) is 0 Å². The second-order valence-corrected chi connectivity index (χ2v) is 37.5. The fraction of sp³-hybridized carbons (Fsp3) is 0.0226. The van der Waals surface area contributed by atoms with Crippen LogP contribution in [0.5, 0.6) is 0 Å². The third-order valence-corrected chi connectivity index (χ3v) is 29.4. The monoisotopic (exact) mass is 1790 g/mol. The Hall–Kier alpha value is -18.3. The quantitative estimate of drug-likeness (QED) is 0.126. The van der Waals surface area contributed by atoms with Crippen molar-refractivity contribution in [2.75, 3.05) is 14.7 Å². The van der Waals surface area contributed by atoms with Gasteiger partial charge in [0, 0.05) is 88.3 Å². The van der Waals surface area contributed by atoms with Crippen LogP contribution >= 0.6 is 0 Å². The Morgan fingerprint density at radius 2 is 0.471 bits per heavy atom. The first kappa shape index (κ1) is 80.2. The van der Waals surface area contributed by atoms with E-state index in [0.29, 0.717) is 0 Å². The fourth-order valence-corrected chi connectivity index (χ4v) is 23.0. The minimum absolute atomic E-state index is 0.0471. The van der Waals surface area contributed by atoms with Crippen LogP contribution < -0.4 is 14.7 Å². The van der Waals surface area contributed by atoms with Crippen molar-refractivity contribution < 1.29 is 17.7 Å². The van der Waals surface area contributed by atoms with Crippen LogP contribution in [0.1, 0.15) is 25.0 Å². The molecule has 7 nitrogen and oxygen atoms in total. The Morgan fingerprint density at radius 3 is 0.943 bits per heavy atom. The molecule has 0 saturated heterocycles. The van der Waals surface area contributed by atoms with Crippen molar-refractivity contribution in [3.05, 3.63) is 490 Å². The van der Waals surface area contributed by atoms with Crippen molar-refractivity contribution in [2.24, 2.45) is 0 Å². The number of para-hydroxylation sites is 6. The van der Waals surface area contributed by atoms with Crippen LogP contribution in [0.15, 0.2) is 497 Å². The molecule has 0 spiro atoms. The molecule has 0 fully saturated rings. The van der Waals surface area contributed by atoms with E-state index in [1.165, 1.54) is 152 Å². The van der Waals surface area contributed by atoms with Gasteiger partial charge in [0.05, 0.1) is 22.1 Å². The summed E-state index contributed by atoms with van der Waals surface area (Å²) in [6, 6.07) is 172. The van der Waals surface area contributed by atoms with Crippen LogP contribution in [0, 0.1) is 0 Å². The summed E-state index contributed by atoms with van der Waals surface area (Å²) in [4.78, 5) is 7.09. The first-order valence-corrected chi connectivity index (χ1v) is 48.0. The maximum absolute atomic E-state index is 6.33. The molecule has 0 bridgehead atoms. The Labute approximate surface area is 805 Å². The molecular formula is C133H85N3O4. The van der Waals surface area contributed by atoms with E-state index in [4.69, 9.17) is 17.7 Å². The molecule has 0 atom stereocenters. The van der Waals surface area contributed by atoms with Gasteiger partial charge in [-0.2, -0.15) is 0 Å². The highest BCUT2D eigenvalue weighted by Crippen LogP contribution is 2.56. The number of benzene rings is 25. The third kappa shape index (κ3) is 12.8. The number of hydrogen-bond donors (Lipinski definition) is 0. The fourth-order valence-electron chi connectivity index (χ4n) is 23.0. The van der Waals surface area contributed by atoms with Gasteiger partial charge in [0.25, 0.3) is 0 Å². The number of nitrogens with zero attached hydrogens (tertiary/aromatic N) is 3. The second-order valence-electron chi connectivity index (χ2n) is 37.5. The van der Waals surface area contributed by atoms with Crippen LogP contribution in [-0.2, 0) is 5.41 Å². The first-order chi connectivity index (χ1) is 69.2. The van der Waals surface area contributed by atoms with Gasteiger partial charge in [-0.25, -0.2) is 0 Å². The molecule has 25 aromatic carbocycles. The van der Waals surface area contributed by atoms with E-state index in [0.717, 1.165) is 128 Å². The van der Waals surface area contributed by atoms with Crippen molar-refractivity contribution in [1.29, 1.82) is 0 Å².